The molecule has 1 aliphatic heterocycles. The Morgan fingerprint density at radius 1 is 0.558 bits per heavy atom. The molecule has 0 radical (unpaired) electrons. The third-order valence-electron chi connectivity index (χ3n) is 6.44. The number of hydrogen-bond donors (Lipinski definition) is 2. The largest absolute Gasteiger partial charge is 0.377 e. The third-order valence-corrected chi connectivity index (χ3v) is 10.2. The predicted octanol–water partition coefficient (Wildman–Crippen LogP) is 0.281. The van der Waals surface area contributed by atoms with Gasteiger partial charge >= 0.3 is 0 Å². The van der Waals surface area contributed by atoms with Crippen molar-refractivity contribution in [2.45, 2.75) is 23.6 Å². The van der Waals surface area contributed by atoms with Gasteiger partial charge in [0.2, 0.25) is 31.9 Å². The maximum atomic E-state index is 13.6. The lowest BCUT2D eigenvalue weighted by Crippen LogP contribution is -2.48. The SMILES string of the molecule is Cc1ccc(S(=O)(=O)N2CCN(S(=O)(=O)c3ccc(C)cc3)CC(=O)NCCOCCOCCOCCNC(=O)C2)cc1. The lowest BCUT2D eigenvalue weighted by atomic mass is 10.2. The molecule has 0 saturated carbocycles. The summed E-state index contributed by atoms with van der Waals surface area (Å²) in [4.78, 5) is 25.5. The number of nitrogens with one attached hydrogen (secondary N) is 2. The molecule has 0 bridgehead atoms. The molecular formula is C28H40N4O9S2. The Kier molecular flexibility index (Phi) is 13.5. The van der Waals surface area contributed by atoms with Crippen LogP contribution in [0.25, 0.3) is 0 Å². The van der Waals surface area contributed by atoms with Gasteiger partial charge in [0.1, 0.15) is 0 Å². The van der Waals surface area contributed by atoms with Crippen LogP contribution in [0.3, 0.4) is 0 Å². The molecule has 3 rings (SSSR count). The first-order valence-electron chi connectivity index (χ1n) is 13.9. The minimum Gasteiger partial charge on any atom is -0.377 e. The van der Waals surface area contributed by atoms with Crippen molar-refractivity contribution in [3.63, 3.8) is 0 Å². The normalized spacial score (nSPS) is 19.1. The topological polar surface area (TPSA) is 161 Å². The van der Waals surface area contributed by atoms with Gasteiger partial charge in [-0.2, -0.15) is 8.61 Å². The molecule has 0 atom stereocenters. The van der Waals surface area contributed by atoms with Gasteiger partial charge in [0.05, 0.1) is 62.5 Å². The summed E-state index contributed by atoms with van der Waals surface area (Å²) in [6, 6.07) is 12.2. The Labute approximate surface area is 253 Å². The van der Waals surface area contributed by atoms with Crippen molar-refractivity contribution < 1.29 is 40.6 Å². The molecule has 2 aromatic rings. The average Bonchev–Trinajstić information content (AvgIpc) is 2.96. The van der Waals surface area contributed by atoms with Crippen molar-refractivity contribution in [3.8, 4) is 0 Å². The zero-order valence-corrected chi connectivity index (χ0v) is 26.1. The Bertz CT molecular complexity index is 1290. The van der Waals surface area contributed by atoms with E-state index in [0.717, 1.165) is 19.7 Å². The molecule has 1 saturated heterocycles. The van der Waals surface area contributed by atoms with Gasteiger partial charge in [0.15, 0.2) is 0 Å². The molecule has 0 unspecified atom stereocenters. The summed E-state index contributed by atoms with van der Waals surface area (Å²) in [6.45, 7) is 3.58. The number of benzene rings is 2. The first-order chi connectivity index (χ1) is 20.5. The lowest BCUT2D eigenvalue weighted by Gasteiger charge is -2.27. The molecule has 2 N–H and O–H groups in total. The van der Waals surface area contributed by atoms with Crippen molar-refractivity contribution in [3.05, 3.63) is 59.7 Å². The first kappa shape index (κ1) is 34.6. The molecule has 15 heteroatoms. The minimum atomic E-state index is -4.22. The molecule has 238 valence electrons. The van der Waals surface area contributed by atoms with Gasteiger partial charge < -0.3 is 24.8 Å². The van der Waals surface area contributed by atoms with Gasteiger partial charge in [-0.25, -0.2) is 16.8 Å². The van der Waals surface area contributed by atoms with Crippen molar-refractivity contribution in [1.29, 1.82) is 0 Å². The monoisotopic (exact) mass is 640 g/mol. The molecule has 0 aliphatic carbocycles. The molecule has 1 heterocycles. The molecule has 0 spiro atoms. The van der Waals surface area contributed by atoms with Gasteiger partial charge in [0, 0.05) is 26.2 Å². The second kappa shape index (κ2) is 16.8. The van der Waals surface area contributed by atoms with E-state index in [1.807, 2.05) is 13.8 Å². The molecule has 13 nitrogen and oxygen atoms in total. The van der Waals surface area contributed by atoms with Crippen molar-refractivity contribution >= 4 is 31.9 Å². The zero-order chi connectivity index (χ0) is 31.3. The van der Waals surface area contributed by atoms with Gasteiger partial charge in [-0.05, 0) is 38.1 Å². The molecule has 1 aliphatic rings. The number of sulfonamides is 2. The van der Waals surface area contributed by atoms with E-state index in [1.54, 1.807) is 24.3 Å². The van der Waals surface area contributed by atoms with Crippen molar-refractivity contribution in [2.75, 3.05) is 78.9 Å². The van der Waals surface area contributed by atoms with E-state index in [2.05, 4.69) is 10.6 Å². The number of aryl methyl sites for hydroxylation is 2. The van der Waals surface area contributed by atoms with Gasteiger partial charge in [-0.15, -0.1) is 0 Å². The van der Waals surface area contributed by atoms with Crippen LogP contribution in [0.5, 0.6) is 0 Å². The smallest absolute Gasteiger partial charge is 0.243 e. The molecule has 2 aromatic carbocycles. The van der Waals surface area contributed by atoms with E-state index in [4.69, 9.17) is 14.2 Å². The van der Waals surface area contributed by atoms with Crippen molar-refractivity contribution in [1.82, 2.24) is 19.2 Å². The minimum absolute atomic E-state index is 0.0505. The number of ether oxygens (including phenoxy) is 3. The summed E-state index contributed by atoms with van der Waals surface area (Å²) in [5.74, 6) is -1.19. The highest BCUT2D eigenvalue weighted by atomic mass is 32.2. The van der Waals surface area contributed by atoms with Crippen LogP contribution in [-0.4, -0.2) is 116 Å². The van der Waals surface area contributed by atoms with Gasteiger partial charge in [-0.1, -0.05) is 35.4 Å². The van der Waals surface area contributed by atoms with Crippen LogP contribution in [0.1, 0.15) is 11.1 Å². The number of amides is 2. The first-order valence-corrected chi connectivity index (χ1v) is 16.8. The maximum absolute atomic E-state index is 13.6. The van der Waals surface area contributed by atoms with Crippen LogP contribution in [0, 0.1) is 13.8 Å². The summed E-state index contributed by atoms with van der Waals surface area (Å²) in [7, 11) is -8.44. The Morgan fingerprint density at radius 3 is 1.23 bits per heavy atom. The summed E-state index contributed by atoms with van der Waals surface area (Å²) >= 11 is 0. The molecule has 1 fully saturated rings. The van der Waals surface area contributed by atoms with Crippen LogP contribution >= 0.6 is 0 Å². The highest BCUT2D eigenvalue weighted by Gasteiger charge is 2.31. The summed E-state index contributed by atoms with van der Waals surface area (Å²) in [5.41, 5.74) is 1.69. The zero-order valence-electron chi connectivity index (χ0n) is 24.5. The van der Waals surface area contributed by atoms with E-state index in [-0.39, 0.29) is 49.2 Å². The van der Waals surface area contributed by atoms with Crippen LogP contribution in [0.2, 0.25) is 0 Å². The van der Waals surface area contributed by atoms with E-state index in [0.29, 0.717) is 26.4 Å². The van der Waals surface area contributed by atoms with Crippen LogP contribution in [-0.2, 0) is 43.8 Å². The fraction of sp³-hybridized carbons (Fsp3) is 0.500. The van der Waals surface area contributed by atoms with E-state index in [9.17, 15) is 26.4 Å². The Hall–Kier alpha value is -2.92. The summed E-state index contributed by atoms with van der Waals surface area (Å²) in [6.07, 6.45) is 0. The standard InChI is InChI=1S/C28H40N4O9S2/c1-23-3-7-25(8-4-23)42(35,36)31-13-14-32(43(37,38)26-9-5-24(2)6-10-26)22-28(34)30-12-16-40-18-20-41-19-17-39-15-11-29-27(33)21-31/h3-10H,11-22H2,1-2H3,(H,29,33)(H,30,34). The lowest BCUT2D eigenvalue weighted by molar-refractivity contribution is -0.122. The quantitative estimate of drug-likeness (QED) is 0.479. The summed E-state index contributed by atoms with van der Waals surface area (Å²) in [5, 5.41) is 5.26. The maximum Gasteiger partial charge on any atom is 0.243 e. The van der Waals surface area contributed by atoms with E-state index < -0.39 is 45.0 Å². The molecule has 43 heavy (non-hydrogen) atoms. The van der Waals surface area contributed by atoms with Crippen LogP contribution in [0.4, 0.5) is 0 Å². The third kappa shape index (κ3) is 10.9. The fourth-order valence-corrected chi connectivity index (χ4v) is 6.78. The van der Waals surface area contributed by atoms with Crippen molar-refractivity contribution in [2.24, 2.45) is 0 Å². The predicted molar refractivity (Wildman–Crippen MR) is 158 cm³/mol. The highest BCUT2D eigenvalue weighted by molar-refractivity contribution is 7.89. The van der Waals surface area contributed by atoms with Crippen LogP contribution in [0.15, 0.2) is 58.3 Å². The second-order valence-corrected chi connectivity index (χ2v) is 13.7. The second-order valence-electron chi connectivity index (χ2n) is 9.84. The fourth-order valence-electron chi connectivity index (χ4n) is 4.01. The van der Waals surface area contributed by atoms with Crippen LogP contribution < -0.4 is 10.6 Å². The Morgan fingerprint density at radius 2 is 0.884 bits per heavy atom. The molecule has 0 aromatic heterocycles. The van der Waals surface area contributed by atoms with E-state index in [1.165, 1.54) is 24.3 Å². The number of hydrogen-bond acceptors (Lipinski definition) is 9. The van der Waals surface area contributed by atoms with Gasteiger partial charge in [0.25, 0.3) is 0 Å². The highest BCUT2D eigenvalue weighted by Crippen LogP contribution is 2.19. The molecule has 2 amide bonds. The number of rotatable bonds is 4. The van der Waals surface area contributed by atoms with Gasteiger partial charge in [-0.3, -0.25) is 9.59 Å². The number of carbonyl (C=O) groups is 2. The average molecular weight is 641 g/mol. The Balaban J connectivity index is 1.90. The summed E-state index contributed by atoms with van der Waals surface area (Å²) < 4.78 is 72.7. The van der Waals surface area contributed by atoms with E-state index >= 15 is 0 Å². The number of nitrogens with zero attached hydrogens (tertiary/aromatic N) is 2. The number of carbonyl (C=O) groups excluding carboxylic acids is 2. The molecular weight excluding hydrogens is 600 g/mol.